The van der Waals surface area contributed by atoms with Crippen LogP contribution in [0.1, 0.15) is 6.42 Å². The molecule has 2 aliphatic rings. The molecule has 0 spiro atoms. The predicted octanol–water partition coefficient (Wildman–Crippen LogP) is 2.71. The lowest BCUT2D eigenvalue weighted by Gasteiger charge is -2.30. The molecule has 5 heteroatoms. The molecule has 3 rings (SSSR count). The number of hydrogen-bond donors (Lipinski definition) is 1. The smallest absolute Gasteiger partial charge is 0.196 e. The molecule has 2 N–H and O–H groups in total. The summed E-state index contributed by atoms with van der Waals surface area (Å²) in [4.78, 5) is 6.66. The van der Waals surface area contributed by atoms with Crippen molar-refractivity contribution in [1.29, 1.82) is 0 Å². The molecule has 2 heterocycles. The van der Waals surface area contributed by atoms with Gasteiger partial charge in [0.05, 0.1) is 12.6 Å². The van der Waals surface area contributed by atoms with Crippen LogP contribution in [-0.2, 0) is 0 Å². The quantitative estimate of drug-likeness (QED) is 0.909. The summed E-state index contributed by atoms with van der Waals surface area (Å²) in [6.07, 6.45) is 1.28. The molecule has 0 saturated carbocycles. The van der Waals surface area contributed by atoms with Crippen molar-refractivity contribution >= 4 is 39.3 Å². The number of thioether (sulfide) groups is 1. The Labute approximate surface area is 120 Å². The SMILES string of the molecule is NC1=NCC(C2CCSC2)N1c1cccc(Br)c1. The van der Waals surface area contributed by atoms with Crippen molar-refractivity contribution in [3.05, 3.63) is 28.7 Å². The lowest BCUT2D eigenvalue weighted by molar-refractivity contribution is 0.486. The zero-order chi connectivity index (χ0) is 12.5. The summed E-state index contributed by atoms with van der Waals surface area (Å²) in [6.45, 7) is 0.837. The number of aliphatic imine (C=N–C) groups is 1. The Morgan fingerprint density at radius 3 is 3.06 bits per heavy atom. The number of nitrogens with zero attached hydrogens (tertiary/aromatic N) is 2. The number of hydrogen-bond acceptors (Lipinski definition) is 4. The first-order chi connectivity index (χ1) is 8.75. The van der Waals surface area contributed by atoms with E-state index >= 15 is 0 Å². The van der Waals surface area contributed by atoms with E-state index in [4.69, 9.17) is 5.73 Å². The Kier molecular flexibility index (Phi) is 3.52. The summed E-state index contributed by atoms with van der Waals surface area (Å²) in [5, 5.41) is 0. The Bertz CT molecular complexity index is 471. The first-order valence-electron chi connectivity index (χ1n) is 6.18. The zero-order valence-electron chi connectivity index (χ0n) is 10.1. The Morgan fingerprint density at radius 2 is 2.33 bits per heavy atom. The van der Waals surface area contributed by atoms with Gasteiger partial charge in [0.1, 0.15) is 0 Å². The summed E-state index contributed by atoms with van der Waals surface area (Å²) in [5.41, 5.74) is 7.22. The Balaban J connectivity index is 1.89. The summed E-state index contributed by atoms with van der Waals surface area (Å²) >= 11 is 5.56. The monoisotopic (exact) mass is 325 g/mol. The molecule has 2 unspecified atom stereocenters. The third-order valence-corrected chi connectivity index (χ3v) is 5.30. The molecule has 0 amide bonds. The summed E-state index contributed by atoms with van der Waals surface area (Å²) in [6, 6.07) is 8.74. The maximum Gasteiger partial charge on any atom is 0.196 e. The fourth-order valence-corrected chi connectivity index (χ4v) is 4.40. The van der Waals surface area contributed by atoms with E-state index in [1.165, 1.54) is 17.9 Å². The van der Waals surface area contributed by atoms with E-state index in [1.54, 1.807) is 0 Å². The van der Waals surface area contributed by atoms with Crippen LogP contribution in [0.25, 0.3) is 0 Å². The average Bonchev–Trinajstić information content (AvgIpc) is 2.97. The molecular weight excluding hydrogens is 310 g/mol. The third-order valence-electron chi connectivity index (χ3n) is 3.61. The number of nitrogens with two attached hydrogens (primary N) is 1. The first-order valence-corrected chi connectivity index (χ1v) is 8.13. The van der Waals surface area contributed by atoms with Gasteiger partial charge >= 0.3 is 0 Å². The van der Waals surface area contributed by atoms with Crippen molar-refractivity contribution < 1.29 is 0 Å². The fraction of sp³-hybridized carbons (Fsp3) is 0.462. The van der Waals surface area contributed by atoms with Crippen molar-refractivity contribution in [3.8, 4) is 0 Å². The van der Waals surface area contributed by atoms with Gasteiger partial charge in [-0.3, -0.25) is 4.99 Å². The minimum Gasteiger partial charge on any atom is -0.370 e. The van der Waals surface area contributed by atoms with Gasteiger partial charge < -0.3 is 10.6 Å². The topological polar surface area (TPSA) is 41.6 Å². The van der Waals surface area contributed by atoms with E-state index in [0.717, 1.165) is 16.7 Å². The summed E-state index contributed by atoms with van der Waals surface area (Å²) in [7, 11) is 0. The molecule has 3 nitrogen and oxygen atoms in total. The highest BCUT2D eigenvalue weighted by Gasteiger charge is 2.35. The van der Waals surface area contributed by atoms with Crippen molar-refractivity contribution in [1.82, 2.24) is 0 Å². The largest absolute Gasteiger partial charge is 0.370 e. The summed E-state index contributed by atoms with van der Waals surface area (Å²) < 4.78 is 1.08. The maximum absolute atomic E-state index is 6.07. The van der Waals surface area contributed by atoms with Gasteiger partial charge in [-0.05, 0) is 42.0 Å². The Morgan fingerprint density at radius 1 is 1.44 bits per heavy atom. The molecule has 0 bridgehead atoms. The molecule has 0 aromatic heterocycles. The van der Waals surface area contributed by atoms with Crippen LogP contribution >= 0.6 is 27.7 Å². The van der Waals surface area contributed by atoms with Crippen LogP contribution in [0.4, 0.5) is 5.69 Å². The molecule has 1 saturated heterocycles. The van der Waals surface area contributed by atoms with Crippen LogP contribution in [0.3, 0.4) is 0 Å². The van der Waals surface area contributed by atoms with E-state index in [-0.39, 0.29) is 0 Å². The predicted molar refractivity (Wildman–Crippen MR) is 82.3 cm³/mol. The van der Waals surface area contributed by atoms with Crippen molar-refractivity contribution in [2.75, 3.05) is 23.0 Å². The van der Waals surface area contributed by atoms with Gasteiger partial charge in [-0.2, -0.15) is 11.8 Å². The molecule has 1 fully saturated rings. The molecule has 1 aromatic rings. The van der Waals surface area contributed by atoms with Crippen LogP contribution in [-0.4, -0.2) is 30.1 Å². The van der Waals surface area contributed by atoms with Gasteiger partial charge in [0, 0.05) is 10.2 Å². The molecule has 2 aliphatic heterocycles. The zero-order valence-corrected chi connectivity index (χ0v) is 12.5. The van der Waals surface area contributed by atoms with Crippen molar-refractivity contribution in [3.63, 3.8) is 0 Å². The molecule has 0 aliphatic carbocycles. The van der Waals surface area contributed by atoms with Gasteiger partial charge in [0.2, 0.25) is 0 Å². The van der Waals surface area contributed by atoms with E-state index in [2.05, 4.69) is 38.0 Å². The van der Waals surface area contributed by atoms with E-state index in [0.29, 0.717) is 17.9 Å². The highest BCUT2D eigenvalue weighted by molar-refractivity contribution is 9.10. The van der Waals surface area contributed by atoms with Crippen LogP contribution in [0.5, 0.6) is 0 Å². The highest BCUT2D eigenvalue weighted by Crippen LogP contribution is 2.34. The normalized spacial score (nSPS) is 27.6. The lowest BCUT2D eigenvalue weighted by Crippen LogP contribution is -2.45. The minimum absolute atomic E-state index is 0.439. The molecule has 2 atom stereocenters. The minimum atomic E-state index is 0.439. The fourth-order valence-electron chi connectivity index (χ4n) is 2.68. The Hall–Kier alpha value is -0.680. The molecule has 1 aromatic carbocycles. The first kappa shape index (κ1) is 12.4. The van der Waals surface area contributed by atoms with Gasteiger partial charge in [-0.25, -0.2) is 0 Å². The van der Waals surface area contributed by atoms with Crippen LogP contribution in [0, 0.1) is 5.92 Å². The van der Waals surface area contributed by atoms with Gasteiger partial charge in [0.15, 0.2) is 5.96 Å². The van der Waals surface area contributed by atoms with Crippen LogP contribution in [0.2, 0.25) is 0 Å². The van der Waals surface area contributed by atoms with Gasteiger partial charge in [-0.15, -0.1) is 0 Å². The van der Waals surface area contributed by atoms with Crippen molar-refractivity contribution in [2.24, 2.45) is 16.6 Å². The second-order valence-electron chi connectivity index (χ2n) is 4.74. The van der Waals surface area contributed by atoms with Crippen molar-refractivity contribution in [2.45, 2.75) is 12.5 Å². The van der Waals surface area contributed by atoms with Gasteiger partial charge in [0.25, 0.3) is 0 Å². The number of benzene rings is 1. The molecule has 96 valence electrons. The standard InChI is InChI=1S/C13H16BrN3S/c14-10-2-1-3-11(6-10)17-12(7-16-13(17)15)9-4-5-18-8-9/h1-3,6,9,12H,4-5,7-8H2,(H2,15,16). The van der Waals surface area contributed by atoms with E-state index in [1.807, 2.05) is 23.9 Å². The van der Waals surface area contributed by atoms with E-state index < -0.39 is 0 Å². The number of anilines is 1. The maximum atomic E-state index is 6.07. The second kappa shape index (κ2) is 5.13. The van der Waals surface area contributed by atoms with Crippen LogP contribution < -0.4 is 10.6 Å². The number of guanidine groups is 1. The molecular formula is C13H16BrN3S. The average molecular weight is 326 g/mol. The summed E-state index contributed by atoms with van der Waals surface area (Å²) in [5.74, 6) is 3.87. The molecule has 18 heavy (non-hydrogen) atoms. The second-order valence-corrected chi connectivity index (χ2v) is 6.81. The van der Waals surface area contributed by atoms with Crippen LogP contribution in [0.15, 0.2) is 33.7 Å². The molecule has 0 radical (unpaired) electrons. The van der Waals surface area contributed by atoms with Gasteiger partial charge in [-0.1, -0.05) is 22.0 Å². The lowest BCUT2D eigenvalue weighted by atomic mass is 9.98. The van der Waals surface area contributed by atoms with E-state index in [9.17, 15) is 0 Å². The third kappa shape index (κ3) is 2.26. The number of halogens is 1. The number of rotatable bonds is 2. The highest BCUT2D eigenvalue weighted by atomic mass is 79.9.